The molecule has 1 amide bonds. The summed E-state index contributed by atoms with van der Waals surface area (Å²) in [6.45, 7) is 5.98. The summed E-state index contributed by atoms with van der Waals surface area (Å²) in [5, 5.41) is 9.26. The highest BCUT2D eigenvalue weighted by atomic mass is 16.6. The number of amides is 1. The summed E-state index contributed by atoms with van der Waals surface area (Å²) in [6, 6.07) is 0. The Morgan fingerprint density at radius 2 is 1.95 bits per heavy atom. The molecule has 1 aliphatic rings. The number of carbonyl (C=O) groups excluding carboxylic acids is 2. The van der Waals surface area contributed by atoms with Gasteiger partial charge in [0.1, 0.15) is 5.60 Å². The molecule has 2 atom stereocenters. The molecule has 1 saturated heterocycles. The van der Waals surface area contributed by atoms with Crippen LogP contribution in [0.4, 0.5) is 4.79 Å². The topological polar surface area (TPSA) is 76.1 Å². The van der Waals surface area contributed by atoms with Gasteiger partial charge < -0.3 is 19.5 Å². The summed E-state index contributed by atoms with van der Waals surface area (Å²) in [6.07, 6.45) is 0.0715. The van der Waals surface area contributed by atoms with Crippen molar-refractivity contribution in [1.82, 2.24) is 4.90 Å². The molecule has 1 aliphatic heterocycles. The number of hydrogen-bond acceptors (Lipinski definition) is 5. The smallest absolute Gasteiger partial charge is 0.410 e. The van der Waals surface area contributed by atoms with Crippen molar-refractivity contribution < 1.29 is 24.2 Å². The highest BCUT2D eigenvalue weighted by Gasteiger charge is 2.35. The van der Waals surface area contributed by atoms with E-state index in [2.05, 4.69) is 0 Å². The van der Waals surface area contributed by atoms with Crippen molar-refractivity contribution in [2.45, 2.75) is 32.8 Å². The number of likely N-dealkylation sites (tertiary alicyclic amines) is 1. The van der Waals surface area contributed by atoms with Crippen LogP contribution in [0.1, 0.15) is 27.2 Å². The zero-order chi connectivity index (χ0) is 14.6. The lowest BCUT2D eigenvalue weighted by Gasteiger charge is -2.36. The standard InChI is InChI=1S/C13H23NO5/c1-13(2,3)19-12(17)14-6-9(8-15)5-10(7-14)11(16)18-4/h9-10,15H,5-8H2,1-4H3/t9-,10-/m1/s1. The highest BCUT2D eigenvalue weighted by molar-refractivity contribution is 5.75. The van der Waals surface area contributed by atoms with Crippen LogP contribution in [-0.4, -0.2) is 54.5 Å². The Morgan fingerprint density at radius 1 is 1.32 bits per heavy atom. The van der Waals surface area contributed by atoms with Crippen LogP contribution in [0, 0.1) is 11.8 Å². The molecule has 6 heteroatoms. The van der Waals surface area contributed by atoms with Crippen molar-refractivity contribution in [3.63, 3.8) is 0 Å². The lowest BCUT2D eigenvalue weighted by atomic mass is 9.90. The van der Waals surface area contributed by atoms with E-state index in [1.54, 1.807) is 20.8 Å². The van der Waals surface area contributed by atoms with Crippen molar-refractivity contribution in [3.05, 3.63) is 0 Å². The van der Waals surface area contributed by atoms with Crippen molar-refractivity contribution >= 4 is 12.1 Å². The molecule has 0 aromatic carbocycles. The third kappa shape index (κ3) is 4.70. The Bertz CT molecular complexity index is 336. The third-order valence-corrected chi connectivity index (χ3v) is 2.98. The maximum Gasteiger partial charge on any atom is 0.410 e. The minimum Gasteiger partial charge on any atom is -0.469 e. The molecule has 6 nitrogen and oxygen atoms in total. The molecule has 110 valence electrons. The molecular formula is C13H23NO5. The normalized spacial score (nSPS) is 23.9. The fourth-order valence-corrected chi connectivity index (χ4v) is 2.15. The monoisotopic (exact) mass is 273 g/mol. The Hall–Kier alpha value is -1.30. The average Bonchev–Trinajstić information content (AvgIpc) is 2.35. The molecule has 1 N–H and O–H groups in total. The Balaban J connectivity index is 2.71. The lowest BCUT2D eigenvalue weighted by molar-refractivity contribution is -0.148. The van der Waals surface area contributed by atoms with Gasteiger partial charge in [0.2, 0.25) is 0 Å². The lowest BCUT2D eigenvalue weighted by Crippen LogP contribution is -2.48. The van der Waals surface area contributed by atoms with E-state index < -0.39 is 17.6 Å². The average molecular weight is 273 g/mol. The van der Waals surface area contributed by atoms with Gasteiger partial charge in [-0.2, -0.15) is 0 Å². The Kier molecular flexibility index (Phi) is 5.17. The van der Waals surface area contributed by atoms with Gasteiger partial charge in [-0.05, 0) is 27.2 Å². The van der Waals surface area contributed by atoms with Gasteiger partial charge in [-0.1, -0.05) is 0 Å². The second-order valence-corrected chi connectivity index (χ2v) is 5.89. The molecular weight excluding hydrogens is 250 g/mol. The van der Waals surface area contributed by atoms with Crippen LogP contribution in [0.2, 0.25) is 0 Å². The molecule has 0 aliphatic carbocycles. The molecule has 0 radical (unpaired) electrons. The van der Waals surface area contributed by atoms with E-state index in [9.17, 15) is 14.7 Å². The van der Waals surface area contributed by atoms with Crippen molar-refractivity contribution in [2.75, 3.05) is 26.8 Å². The number of piperidine rings is 1. The molecule has 0 unspecified atom stereocenters. The molecule has 1 rings (SSSR count). The number of nitrogens with zero attached hydrogens (tertiary/aromatic N) is 1. The molecule has 19 heavy (non-hydrogen) atoms. The number of hydrogen-bond donors (Lipinski definition) is 1. The zero-order valence-electron chi connectivity index (χ0n) is 12.0. The number of methoxy groups -OCH3 is 1. The zero-order valence-corrected chi connectivity index (χ0v) is 12.0. The van der Waals surface area contributed by atoms with E-state index in [4.69, 9.17) is 9.47 Å². The van der Waals surface area contributed by atoms with E-state index in [1.165, 1.54) is 12.0 Å². The van der Waals surface area contributed by atoms with Gasteiger partial charge in [-0.25, -0.2) is 4.79 Å². The second-order valence-electron chi connectivity index (χ2n) is 5.89. The van der Waals surface area contributed by atoms with Crippen LogP contribution in [0.15, 0.2) is 0 Å². The first-order valence-electron chi connectivity index (χ1n) is 6.43. The minimum atomic E-state index is -0.579. The summed E-state index contributed by atoms with van der Waals surface area (Å²) in [5.41, 5.74) is -0.579. The van der Waals surface area contributed by atoms with Crippen molar-refractivity contribution in [2.24, 2.45) is 11.8 Å². The van der Waals surface area contributed by atoms with Crippen LogP contribution in [0.25, 0.3) is 0 Å². The van der Waals surface area contributed by atoms with E-state index in [0.717, 1.165) is 0 Å². The van der Waals surface area contributed by atoms with E-state index in [1.807, 2.05) is 0 Å². The largest absolute Gasteiger partial charge is 0.469 e. The van der Waals surface area contributed by atoms with Crippen molar-refractivity contribution in [1.29, 1.82) is 0 Å². The molecule has 0 aromatic heterocycles. The Labute approximate surface area is 113 Å². The van der Waals surface area contributed by atoms with Crippen LogP contribution < -0.4 is 0 Å². The number of carbonyl (C=O) groups is 2. The van der Waals surface area contributed by atoms with Gasteiger partial charge in [0.25, 0.3) is 0 Å². The van der Waals surface area contributed by atoms with Crippen LogP contribution >= 0.6 is 0 Å². The summed E-state index contributed by atoms with van der Waals surface area (Å²) in [4.78, 5) is 25.1. The van der Waals surface area contributed by atoms with Gasteiger partial charge in [-0.15, -0.1) is 0 Å². The number of rotatable bonds is 2. The van der Waals surface area contributed by atoms with E-state index >= 15 is 0 Å². The molecule has 1 heterocycles. The molecule has 0 bridgehead atoms. The summed E-state index contributed by atoms with van der Waals surface area (Å²) < 4.78 is 10.00. The fraction of sp³-hybridized carbons (Fsp3) is 0.846. The fourth-order valence-electron chi connectivity index (χ4n) is 2.15. The van der Waals surface area contributed by atoms with Crippen LogP contribution in [0.3, 0.4) is 0 Å². The van der Waals surface area contributed by atoms with Gasteiger partial charge in [0.05, 0.1) is 13.0 Å². The van der Waals surface area contributed by atoms with Crippen LogP contribution in [-0.2, 0) is 14.3 Å². The van der Waals surface area contributed by atoms with Crippen molar-refractivity contribution in [3.8, 4) is 0 Å². The maximum absolute atomic E-state index is 12.0. The van der Waals surface area contributed by atoms with Crippen LogP contribution in [0.5, 0.6) is 0 Å². The number of aliphatic hydroxyl groups is 1. The first kappa shape index (κ1) is 15.8. The van der Waals surface area contributed by atoms with Gasteiger partial charge in [0.15, 0.2) is 0 Å². The van der Waals surface area contributed by atoms with E-state index in [0.29, 0.717) is 13.0 Å². The third-order valence-electron chi connectivity index (χ3n) is 2.98. The molecule has 1 fully saturated rings. The molecule has 0 aromatic rings. The van der Waals surface area contributed by atoms with Gasteiger partial charge >= 0.3 is 12.1 Å². The summed E-state index contributed by atoms with van der Waals surface area (Å²) in [7, 11) is 1.32. The van der Waals surface area contributed by atoms with Gasteiger partial charge in [0, 0.05) is 25.6 Å². The minimum absolute atomic E-state index is 0.0627. The molecule has 0 saturated carbocycles. The summed E-state index contributed by atoms with van der Waals surface area (Å²) >= 11 is 0. The Morgan fingerprint density at radius 3 is 2.42 bits per heavy atom. The number of esters is 1. The quantitative estimate of drug-likeness (QED) is 0.760. The predicted octanol–water partition coefficient (Wildman–Crippen LogP) is 1.02. The summed E-state index contributed by atoms with van der Waals surface area (Å²) in [5.74, 6) is -0.875. The van der Waals surface area contributed by atoms with Gasteiger partial charge in [-0.3, -0.25) is 4.79 Å². The second kappa shape index (κ2) is 6.23. The van der Waals surface area contributed by atoms with E-state index in [-0.39, 0.29) is 25.0 Å². The maximum atomic E-state index is 12.0. The molecule has 0 spiro atoms. The number of ether oxygens (including phenoxy) is 2. The SMILES string of the molecule is COC(=O)[C@@H]1C[C@@H](CO)CN(C(=O)OC(C)(C)C)C1. The first-order chi connectivity index (χ1) is 8.76. The first-order valence-corrected chi connectivity index (χ1v) is 6.43. The highest BCUT2D eigenvalue weighted by Crippen LogP contribution is 2.24. The predicted molar refractivity (Wildman–Crippen MR) is 68.5 cm³/mol. The number of aliphatic hydroxyl groups excluding tert-OH is 1.